The van der Waals surface area contributed by atoms with E-state index in [0.29, 0.717) is 27.9 Å². The molecule has 0 spiro atoms. The van der Waals surface area contributed by atoms with Crippen LogP contribution < -0.4 is 10.6 Å². The van der Waals surface area contributed by atoms with Gasteiger partial charge in [0.1, 0.15) is 11.4 Å². The Kier molecular flexibility index (Phi) is 13.4. The highest BCUT2D eigenvalue weighted by atomic mass is 19.1. The molecule has 0 unspecified atom stereocenters. The van der Waals surface area contributed by atoms with E-state index < -0.39 is 29.4 Å². The maximum atomic E-state index is 14.6. The van der Waals surface area contributed by atoms with Gasteiger partial charge in [0.25, 0.3) is 5.91 Å². The van der Waals surface area contributed by atoms with Crippen molar-refractivity contribution in [2.45, 2.75) is 92.7 Å². The summed E-state index contributed by atoms with van der Waals surface area (Å²) in [5, 5.41) is 9.93. The Hall–Kier alpha value is -4.80. The lowest BCUT2D eigenvalue weighted by atomic mass is 10.1. The summed E-state index contributed by atoms with van der Waals surface area (Å²) < 4.78 is 26.4. The highest BCUT2D eigenvalue weighted by Crippen LogP contribution is 2.24. The van der Waals surface area contributed by atoms with Gasteiger partial charge in [0.15, 0.2) is 11.5 Å². The first kappa shape index (κ1) is 36.7. The first-order valence-corrected chi connectivity index (χ1v) is 16.0. The third kappa shape index (κ3) is 11.5. The van der Waals surface area contributed by atoms with Crippen molar-refractivity contribution in [2.75, 3.05) is 11.9 Å². The summed E-state index contributed by atoms with van der Waals surface area (Å²) in [6, 6.07) is 12.9. The van der Waals surface area contributed by atoms with Crippen LogP contribution in [0.3, 0.4) is 0 Å². The number of hydrogen-bond donors (Lipinski definition) is 2. The van der Waals surface area contributed by atoms with Crippen LogP contribution in [0.15, 0.2) is 54.7 Å². The van der Waals surface area contributed by atoms with Crippen molar-refractivity contribution in [3.05, 3.63) is 82.9 Å². The minimum absolute atomic E-state index is 0.00931. The van der Waals surface area contributed by atoms with Crippen LogP contribution in [0.4, 0.5) is 14.9 Å². The quantitative estimate of drug-likeness (QED) is 0.126. The fourth-order valence-corrected chi connectivity index (χ4v) is 4.60. The molecule has 2 N–H and O–H groups in total. The zero-order valence-corrected chi connectivity index (χ0v) is 28.4. The number of benzene rings is 2. The van der Waals surface area contributed by atoms with Crippen LogP contribution in [-0.4, -0.2) is 44.8 Å². The predicted octanol–water partition coefficient (Wildman–Crippen LogP) is 7.81. The zero-order chi connectivity index (χ0) is 34.6. The molecular weight excluding hydrogens is 601 g/mol. The Morgan fingerprint density at radius 2 is 1.70 bits per heavy atom. The van der Waals surface area contributed by atoms with Gasteiger partial charge < -0.3 is 20.1 Å². The van der Waals surface area contributed by atoms with Crippen molar-refractivity contribution in [2.24, 2.45) is 0 Å². The van der Waals surface area contributed by atoms with E-state index in [1.54, 1.807) is 64.2 Å². The molecule has 0 aliphatic heterocycles. The second-order valence-corrected chi connectivity index (χ2v) is 12.1. The molecule has 0 aliphatic carbocycles. The molecular formula is C36H46FN5O5. The van der Waals surface area contributed by atoms with Crippen LogP contribution in [0.2, 0.25) is 0 Å². The van der Waals surface area contributed by atoms with E-state index >= 15 is 0 Å². The van der Waals surface area contributed by atoms with Gasteiger partial charge in [-0.1, -0.05) is 51.7 Å². The Bertz CT molecular complexity index is 1670. The number of amides is 2. The van der Waals surface area contributed by atoms with Crippen molar-refractivity contribution >= 4 is 29.2 Å². The van der Waals surface area contributed by atoms with Crippen molar-refractivity contribution in [1.82, 2.24) is 19.9 Å². The summed E-state index contributed by atoms with van der Waals surface area (Å²) in [5.74, 6) is -1.40. The molecule has 252 valence electrons. The third-order valence-corrected chi connectivity index (χ3v) is 6.77. The summed E-state index contributed by atoms with van der Waals surface area (Å²) in [7, 11) is 0. The molecule has 0 aliphatic rings. The molecule has 0 fully saturated rings. The highest BCUT2D eigenvalue weighted by molar-refractivity contribution is 6.08. The monoisotopic (exact) mass is 647 g/mol. The van der Waals surface area contributed by atoms with E-state index in [-0.39, 0.29) is 31.1 Å². The zero-order valence-electron chi connectivity index (χ0n) is 28.4. The summed E-state index contributed by atoms with van der Waals surface area (Å²) in [6.45, 7) is 13.6. The molecule has 2 aromatic carbocycles. The third-order valence-electron chi connectivity index (χ3n) is 6.77. The minimum atomic E-state index is -0.674. The van der Waals surface area contributed by atoms with Gasteiger partial charge in [-0.15, -0.1) is 5.10 Å². The topological polar surface area (TPSA) is 124 Å². The Labute approximate surface area is 276 Å². The maximum Gasteiger partial charge on any atom is 0.407 e. The molecule has 11 heteroatoms. The van der Waals surface area contributed by atoms with Gasteiger partial charge in [-0.3, -0.25) is 9.59 Å². The number of fused-ring (bicyclic) bond motifs is 1. The van der Waals surface area contributed by atoms with Gasteiger partial charge in [-0.2, -0.15) is 0 Å². The molecule has 0 saturated carbocycles. The van der Waals surface area contributed by atoms with Crippen molar-refractivity contribution in [3.63, 3.8) is 0 Å². The first-order valence-electron chi connectivity index (χ1n) is 16.0. The minimum Gasteiger partial charge on any atom is -0.466 e. The second-order valence-electron chi connectivity index (χ2n) is 12.1. The van der Waals surface area contributed by atoms with Crippen molar-refractivity contribution in [3.8, 4) is 11.4 Å². The van der Waals surface area contributed by atoms with Crippen molar-refractivity contribution < 1.29 is 28.2 Å². The summed E-state index contributed by atoms with van der Waals surface area (Å²) >= 11 is 0. The number of nitrogens with zero attached hydrogens (tertiary/aromatic N) is 3. The number of hydrogen-bond acceptors (Lipinski definition) is 7. The average molecular weight is 648 g/mol. The van der Waals surface area contributed by atoms with Gasteiger partial charge in [-0.05, 0) is 87.7 Å². The van der Waals surface area contributed by atoms with Crippen LogP contribution in [-0.2, 0) is 27.2 Å². The van der Waals surface area contributed by atoms with Gasteiger partial charge in [0, 0.05) is 24.0 Å². The van der Waals surface area contributed by atoms with Gasteiger partial charge in [0.05, 0.1) is 18.5 Å². The van der Waals surface area contributed by atoms with Gasteiger partial charge in [0.2, 0.25) is 0 Å². The molecule has 0 saturated heterocycles. The predicted molar refractivity (Wildman–Crippen MR) is 181 cm³/mol. The van der Waals surface area contributed by atoms with E-state index in [0.717, 1.165) is 5.56 Å². The number of rotatable bonds is 11. The normalized spacial score (nSPS) is 11.0. The molecule has 2 amide bonds. The number of aromatic nitrogens is 3. The van der Waals surface area contributed by atoms with Crippen LogP contribution in [0.1, 0.15) is 94.4 Å². The number of nitrogens with one attached hydrogen (secondary N) is 2. The molecule has 47 heavy (non-hydrogen) atoms. The molecule has 4 aromatic rings. The largest absolute Gasteiger partial charge is 0.466 e. The smallest absolute Gasteiger partial charge is 0.407 e. The maximum absolute atomic E-state index is 14.6. The average Bonchev–Trinajstić information content (AvgIpc) is 3.48. The number of anilines is 1. The number of carbonyl (C=O) groups excluding carboxylic acids is 3. The summed E-state index contributed by atoms with van der Waals surface area (Å²) in [5.41, 5.74) is 2.52. The fourth-order valence-electron chi connectivity index (χ4n) is 4.60. The molecule has 4 rings (SSSR count). The van der Waals surface area contributed by atoms with Gasteiger partial charge in [-0.25, -0.2) is 18.7 Å². The molecule has 0 atom stereocenters. The molecule has 2 heterocycles. The lowest BCUT2D eigenvalue weighted by Crippen LogP contribution is -2.32. The van der Waals surface area contributed by atoms with Crippen LogP contribution in [0, 0.1) is 12.7 Å². The number of unbranched alkanes of at least 4 members (excludes halogenated alkanes) is 3. The van der Waals surface area contributed by atoms with E-state index in [1.807, 2.05) is 13.0 Å². The number of alkyl carbamates (subject to hydrolysis) is 1. The Morgan fingerprint density at radius 3 is 2.36 bits per heavy atom. The number of carbonyl (C=O) groups is 3. The SMILES string of the molecule is CCCCCC.CCOC(=O)Cc1ccc(C)cc1NC(=O)c1nc(-c2cc(F)cc(CNC(=O)OC(C)(C)C)c2)nn2cccc12. The summed E-state index contributed by atoms with van der Waals surface area (Å²) in [4.78, 5) is 42.2. The molecule has 0 bridgehead atoms. The van der Waals surface area contributed by atoms with E-state index in [4.69, 9.17) is 9.47 Å². The van der Waals surface area contributed by atoms with Crippen LogP contribution >= 0.6 is 0 Å². The van der Waals surface area contributed by atoms with E-state index in [1.165, 1.54) is 42.3 Å². The number of esters is 1. The van der Waals surface area contributed by atoms with E-state index in [2.05, 4.69) is 34.6 Å². The number of ether oxygens (including phenoxy) is 2. The van der Waals surface area contributed by atoms with Crippen LogP contribution in [0.5, 0.6) is 0 Å². The first-order chi connectivity index (χ1) is 22.3. The Morgan fingerprint density at radius 1 is 0.979 bits per heavy atom. The molecule has 10 nitrogen and oxygen atoms in total. The lowest BCUT2D eigenvalue weighted by Gasteiger charge is -2.19. The lowest BCUT2D eigenvalue weighted by molar-refractivity contribution is -0.142. The number of halogens is 1. The Balaban J connectivity index is 0.000000913. The van der Waals surface area contributed by atoms with E-state index in [9.17, 15) is 18.8 Å². The standard InChI is InChI=1S/C30H32FN5O5.C6H14/c1-6-40-25(37)16-20-10-9-18(2)12-23(20)33-28(38)26-24-8-7-11-36(24)35-27(34-26)21-13-19(14-22(31)15-21)17-32-29(39)41-30(3,4)5;1-3-5-6-4-2/h7-15H,6,16-17H2,1-5H3,(H,32,39)(H,33,38);3-6H2,1-2H3. The fraction of sp³-hybridized carbons (Fsp3) is 0.417. The molecule has 0 radical (unpaired) electrons. The second kappa shape index (κ2) is 17.2. The van der Waals surface area contributed by atoms with Gasteiger partial charge >= 0.3 is 12.1 Å². The van der Waals surface area contributed by atoms with Crippen LogP contribution in [0.25, 0.3) is 16.9 Å². The van der Waals surface area contributed by atoms with Crippen molar-refractivity contribution in [1.29, 1.82) is 0 Å². The summed E-state index contributed by atoms with van der Waals surface area (Å²) in [6.07, 6.45) is 6.54. The number of aryl methyl sites for hydroxylation is 1. The highest BCUT2D eigenvalue weighted by Gasteiger charge is 2.20. The molecule has 2 aromatic heterocycles.